The van der Waals surface area contributed by atoms with Crippen molar-refractivity contribution in [2.75, 3.05) is 26.0 Å². The van der Waals surface area contributed by atoms with Crippen LogP contribution in [-0.4, -0.2) is 48.2 Å². The molecule has 28 heavy (non-hydrogen) atoms. The Morgan fingerprint density at radius 3 is 2.64 bits per heavy atom. The molecule has 0 aliphatic carbocycles. The quantitative estimate of drug-likeness (QED) is 0.582. The number of carbonyl (C=O) groups is 1. The van der Waals surface area contributed by atoms with Gasteiger partial charge in [0.1, 0.15) is 10.8 Å². The van der Waals surface area contributed by atoms with Gasteiger partial charge in [-0.3, -0.25) is 0 Å². The van der Waals surface area contributed by atoms with Crippen LogP contribution in [0.5, 0.6) is 0 Å². The summed E-state index contributed by atoms with van der Waals surface area (Å²) in [6.07, 6.45) is 1.13. The van der Waals surface area contributed by atoms with Crippen LogP contribution in [0.4, 0.5) is 18.0 Å². The van der Waals surface area contributed by atoms with Crippen molar-refractivity contribution in [2.45, 2.75) is 25.4 Å². The van der Waals surface area contributed by atoms with Crippen LogP contribution in [0.15, 0.2) is 47.2 Å². The van der Waals surface area contributed by atoms with Gasteiger partial charge >= 0.3 is 6.16 Å². The minimum Gasteiger partial charge on any atom is -0.449 e. The van der Waals surface area contributed by atoms with E-state index in [1.54, 1.807) is 13.2 Å². The van der Waals surface area contributed by atoms with Crippen molar-refractivity contribution < 1.29 is 32.5 Å². The van der Waals surface area contributed by atoms with E-state index >= 15 is 0 Å². The third kappa shape index (κ3) is 6.20. The molecule has 154 valence electrons. The Hall–Kier alpha value is -2.13. The van der Waals surface area contributed by atoms with Crippen molar-refractivity contribution >= 4 is 17.9 Å². The zero-order valence-corrected chi connectivity index (χ0v) is 16.3. The SMILES string of the molecule is COC(C)CN1CC=CC(OC(=O)O)=C1SCCC(F)(F)c1ccc(F)cc1. The number of hydrogen-bond acceptors (Lipinski definition) is 5. The van der Waals surface area contributed by atoms with Crippen molar-refractivity contribution in [3.63, 3.8) is 0 Å². The molecule has 0 spiro atoms. The summed E-state index contributed by atoms with van der Waals surface area (Å²) in [4.78, 5) is 12.8. The van der Waals surface area contributed by atoms with Crippen LogP contribution in [0.3, 0.4) is 0 Å². The molecule has 1 heterocycles. The average molecular weight is 417 g/mol. The molecule has 1 unspecified atom stereocenters. The predicted molar refractivity (Wildman–Crippen MR) is 101 cm³/mol. The maximum Gasteiger partial charge on any atom is 0.511 e. The Morgan fingerprint density at radius 1 is 1.36 bits per heavy atom. The number of thioether (sulfide) groups is 1. The van der Waals surface area contributed by atoms with E-state index in [0.717, 1.165) is 36.0 Å². The van der Waals surface area contributed by atoms with Crippen LogP contribution in [0.25, 0.3) is 0 Å². The first-order valence-corrected chi connectivity index (χ1v) is 9.57. The number of carboxylic acid groups (broad SMARTS) is 1. The van der Waals surface area contributed by atoms with E-state index < -0.39 is 24.3 Å². The normalized spacial score (nSPS) is 15.7. The van der Waals surface area contributed by atoms with Gasteiger partial charge in [0.25, 0.3) is 5.92 Å². The van der Waals surface area contributed by atoms with Crippen LogP contribution in [0.1, 0.15) is 18.9 Å². The fourth-order valence-corrected chi connectivity index (χ4v) is 3.72. The molecular weight excluding hydrogens is 395 g/mol. The van der Waals surface area contributed by atoms with Crippen LogP contribution in [0, 0.1) is 5.82 Å². The molecule has 0 saturated carbocycles. The monoisotopic (exact) mass is 417 g/mol. The summed E-state index contributed by atoms with van der Waals surface area (Å²) < 4.78 is 51.8. The fourth-order valence-electron chi connectivity index (χ4n) is 2.59. The van der Waals surface area contributed by atoms with Crippen molar-refractivity contribution in [3.8, 4) is 0 Å². The number of benzene rings is 1. The number of allylic oxidation sites excluding steroid dienone is 1. The highest BCUT2D eigenvalue weighted by molar-refractivity contribution is 8.03. The molecule has 9 heteroatoms. The van der Waals surface area contributed by atoms with Gasteiger partial charge < -0.3 is 19.5 Å². The number of nitrogens with zero attached hydrogens (tertiary/aromatic N) is 1. The van der Waals surface area contributed by atoms with Crippen molar-refractivity contribution in [3.05, 3.63) is 58.6 Å². The summed E-state index contributed by atoms with van der Waals surface area (Å²) in [5.41, 5.74) is -0.265. The summed E-state index contributed by atoms with van der Waals surface area (Å²) >= 11 is 1.09. The van der Waals surface area contributed by atoms with E-state index in [2.05, 4.69) is 0 Å². The fraction of sp³-hybridized carbons (Fsp3) is 0.421. The summed E-state index contributed by atoms with van der Waals surface area (Å²) in [7, 11) is 1.55. The van der Waals surface area contributed by atoms with Gasteiger partial charge in [-0.05, 0) is 25.1 Å². The maximum atomic E-state index is 14.4. The van der Waals surface area contributed by atoms with E-state index in [9.17, 15) is 18.0 Å². The zero-order chi connectivity index (χ0) is 20.7. The van der Waals surface area contributed by atoms with Gasteiger partial charge in [0.2, 0.25) is 0 Å². The Bertz CT molecular complexity index is 737. The van der Waals surface area contributed by atoms with Crippen LogP contribution in [-0.2, 0) is 15.4 Å². The predicted octanol–water partition coefficient (Wildman–Crippen LogP) is 4.81. The zero-order valence-electron chi connectivity index (χ0n) is 15.5. The lowest BCUT2D eigenvalue weighted by molar-refractivity contribution is -0.00709. The van der Waals surface area contributed by atoms with Crippen LogP contribution < -0.4 is 0 Å². The van der Waals surface area contributed by atoms with Gasteiger partial charge in [0.05, 0.1) is 6.10 Å². The average Bonchev–Trinajstić information content (AvgIpc) is 2.63. The molecule has 0 amide bonds. The smallest absolute Gasteiger partial charge is 0.449 e. The first kappa shape index (κ1) is 22.2. The maximum absolute atomic E-state index is 14.4. The topological polar surface area (TPSA) is 59.0 Å². The van der Waals surface area contributed by atoms with Gasteiger partial charge in [-0.25, -0.2) is 18.0 Å². The molecule has 0 fully saturated rings. The van der Waals surface area contributed by atoms with Gasteiger partial charge in [-0.2, -0.15) is 0 Å². The van der Waals surface area contributed by atoms with Gasteiger partial charge in [-0.1, -0.05) is 18.2 Å². The van der Waals surface area contributed by atoms with Crippen molar-refractivity contribution in [2.24, 2.45) is 0 Å². The standard InChI is InChI=1S/C19H22F3NO4S/c1-13(26-2)12-23-10-3-4-16(27-18(24)25)17(23)28-11-9-19(21,22)14-5-7-15(20)8-6-14/h3-8,13H,9-12H2,1-2H3,(H,24,25). The summed E-state index contributed by atoms with van der Waals surface area (Å²) in [6, 6.07) is 4.12. The molecule has 1 N–H and O–H groups in total. The molecule has 1 aromatic rings. The van der Waals surface area contributed by atoms with Crippen molar-refractivity contribution in [1.82, 2.24) is 4.90 Å². The number of rotatable bonds is 9. The molecule has 5 nitrogen and oxygen atoms in total. The molecule has 0 bridgehead atoms. The number of ether oxygens (including phenoxy) is 2. The number of alkyl halides is 2. The molecule has 0 aromatic heterocycles. The van der Waals surface area contributed by atoms with E-state index in [1.165, 1.54) is 6.08 Å². The first-order chi connectivity index (χ1) is 13.2. The van der Waals surface area contributed by atoms with E-state index in [1.807, 2.05) is 11.8 Å². The molecule has 2 rings (SSSR count). The van der Waals surface area contributed by atoms with Gasteiger partial charge in [0.15, 0.2) is 5.76 Å². The molecule has 1 aliphatic heterocycles. The van der Waals surface area contributed by atoms with Gasteiger partial charge in [-0.15, -0.1) is 11.8 Å². The molecule has 0 radical (unpaired) electrons. The number of hydrogen-bond donors (Lipinski definition) is 1. The molecule has 0 saturated heterocycles. The largest absolute Gasteiger partial charge is 0.511 e. The lowest BCUT2D eigenvalue weighted by Crippen LogP contribution is -2.33. The Labute approximate surface area is 165 Å². The molecule has 1 aromatic carbocycles. The second-order valence-corrected chi connectivity index (χ2v) is 7.28. The third-order valence-electron chi connectivity index (χ3n) is 4.09. The highest BCUT2D eigenvalue weighted by Gasteiger charge is 2.32. The summed E-state index contributed by atoms with van der Waals surface area (Å²) in [6.45, 7) is 2.78. The second-order valence-electron chi connectivity index (χ2n) is 6.20. The van der Waals surface area contributed by atoms with Crippen LogP contribution in [0.2, 0.25) is 0 Å². The first-order valence-electron chi connectivity index (χ1n) is 8.59. The summed E-state index contributed by atoms with van der Waals surface area (Å²) in [5.74, 6) is -3.61. The van der Waals surface area contributed by atoms with Crippen LogP contribution >= 0.6 is 11.8 Å². The number of halogens is 3. The van der Waals surface area contributed by atoms with Gasteiger partial charge in [0, 0.05) is 37.9 Å². The number of methoxy groups -OCH3 is 1. The molecule has 1 atom stereocenters. The highest BCUT2D eigenvalue weighted by Crippen LogP contribution is 2.36. The Balaban J connectivity index is 2.11. The lowest BCUT2D eigenvalue weighted by Gasteiger charge is -2.31. The third-order valence-corrected chi connectivity index (χ3v) is 5.23. The second kappa shape index (κ2) is 9.88. The molecule has 1 aliphatic rings. The summed E-state index contributed by atoms with van der Waals surface area (Å²) in [5, 5.41) is 9.39. The Kier molecular flexibility index (Phi) is 7.82. The minimum absolute atomic E-state index is 0.0118. The van der Waals surface area contributed by atoms with E-state index in [0.29, 0.717) is 18.1 Å². The minimum atomic E-state index is -3.13. The lowest BCUT2D eigenvalue weighted by atomic mass is 10.1. The highest BCUT2D eigenvalue weighted by atomic mass is 32.2. The Morgan fingerprint density at radius 2 is 2.04 bits per heavy atom. The molecular formula is C19H22F3NO4S. The van der Waals surface area contributed by atoms with Crippen molar-refractivity contribution in [1.29, 1.82) is 0 Å². The van der Waals surface area contributed by atoms with E-state index in [4.69, 9.17) is 14.6 Å². The van der Waals surface area contributed by atoms with E-state index in [-0.39, 0.29) is 23.2 Å².